The molecule has 22 heavy (non-hydrogen) atoms. The minimum Gasteiger partial charge on any atom is -0.507 e. The maximum atomic E-state index is 12.2. The maximum Gasteiger partial charge on any atom is 0.510 e. The Morgan fingerprint density at radius 2 is 1.82 bits per heavy atom. The molecule has 0 atom stereocenters. The smallest absolute Gasteiger partial charge is 0.507 e. The number of rotatable bonds is 5. The molecule has 6 heteroatoms. The Balaban J connectivity index is 2.07. The summed E-state index contributed by atoms with van der Waals surface area (Å²) in [6.45, 7) is -0.363. The van der Waals surface area contributed by atoms with Crippen LogP contribution in [0.4, 0.5) is 4.79 Å². The number of benzene rings is 2. The monoisotopic (exact) mass is 302 g/mol. The summed E-state index contributed by atoms with van der Waals surface area (Å²) in [7, 11) is 1.18. The van der Waals surface area contributed by atoms with Crippen LogP contribution in [0, 0.1) is 0 Å². The topological polar surface area (TPSA) is 82.1 Å². The Kier molecular flexibility index (Phi) is 4.98. The molecule has 0 amide bonds. The SMILES string of the molecule is COC(=O)OCOc1ccc(C(=O)c2ccccc2)c(O)c1. The van der Waals surface area contributed by atoms with Gasteiger partial charge in [0.15, 0.2) is 5.78 Å². The second-order valence-corrected chi connectivity index (χ2v) is 4.23. The fourth-order valence-electron chi connectivity index (χ4n) is 1.74. The molecule has 0 unspecified atom stereocenters. The maximum absolute atomic E-state index is 12.2. The van der Waals surface area contributed by atoms with Gasteiger partial charge in [-0.3, -0.25) is 4.79 Å². The van der Waals surface area contributed by atoms with E-state index in [4.69, 9.17) is 4.74 Å². The van der Waals surface area contributed by atoms with Gasteiger partial charge in [0, 0.05) is 11.6 Å². The first-order valence-electron chi connectivity index (χ1n) is 6.38. The Labute approximate surface area is 126 Å². The number of carbonyl (C=O) groups excluding carboxylic acids is 2. The van der Waals surface area contributed by atoms with Gasteiger partial charge in [-0.2, -0.15) is 0 Å². The lowest BCUT2D eigenvalue weighted by Gasteiger charge is -2.09. The molecular weight excluding hydrogens is 288 g/mol. The lowest BCUT2D eigenvalue weighted by molar-refractivity contribution is 0.0150. The summed E-state index contributed by atoms with van der Waals surface area (Å²) in [5, 5.41) is 9.94. The van der Waals surface area contributed by atoms with Gasteiger partial charge in [-0.15, -0.1) is 0 Å². The van der Waals surface area contributed by atoms with Crippen molar-refractivity contribution in [1.29, 1.82) is 0 Å². The van der Waals surface area contributed by atoms with Gasteiger partial charge in [0.25, 0.3) is 0 Å². The minimum absolute atomic E-state index is 0.160. The van der Waals surface area contributed by atoms with Crippen molar-refractivity contribution < 1.29 is 28.9 Å². The Bertz CT molecular complexity index is 666. The molecule has 0 saturated carbocycles. The normalized spacial score (nSPS) is 9.86. The van der Waals surface area contributed by atoms with Gasteiger partial charge in [-0.25, -0.2) is 4.79 Å². The third-order valence-corrected chi connectivity index (χ3v) is 2.82. The molecule has 1 N–H and O–H groups in total. The van der Waals surface area contributed by atoms with Crippen LogP contribution in [0.25, 0.3) is 0 Å². The molecule has 0 aromatic heterocycles. The van der Waals surface area contributed by atoms with E-state index in [0.29, 0.717) is 5.56 Å². The van der Waals surface area contributed by atoms with E-state index in [9.17, 15) is 14.7 Å². The molecule has 0 aliphatic heterocycles. The highest BCUT2D eigenvalue weighted by Gasteiger charge is 2.14. The second-order valence-electron chi connectivity index (χ2n) is 4.23. The molecule has 2 rings (SSSR count). The van der Waals surface area contributed by atoms with E-state index in [1.807, 2.05) is 0 Å². The summed E-state index contributed by atoms with van der Waals surface area (Å²) >= 11 is 0. The molecule has 0 radical (unpaired) electrons. The lowest BCUT2D eigenvalue weighted by atomic mass is 10.0. The largest absolute Gasteiger partial charge is 0.510 e. The third kappa shape index (κ3) is 3.76. The molecule has 0 aliphatic rings. The number of hydrogen-bond donors (Lipinski definition) is 1. The number of carbonyl (C=O) groups is 2. The van der Waals surface area contributed by atoms with Crippen LogP contribution in [-0.2, 0) is 9.47 Å². The van der Waals surface area contributed by atoms with Gasteiger partial charge in [-0.1, -0.05) is 30.3 Å². The first kappa shape index (κ1) is 15.4. The van der Waals surface area contributed by atoms with Crippen LogP contribution in [0.3, 0.4) is 0 Å². The van der Waals surface area contributed by atoms with Crippen molar-refractivity contribution in [2.24, 2.45) is 0 Å². The first-order valence-corrected chi connectivity index (χ1v) is 6.38. The average Bonchev–Trinajstić information content (AvgIpc) is 2.55. The van der Waals surface area contributed by atoms with Crippen LogP contribution >= 0.6 is 0 Å². The van der Waals surface area contributed by atoms with Crippen LogP contribution in [0.2, 0.25) is 0 Å². The van der Waals surface area contributed by atoms with Crippen LogP contribution in [0.15, 0.2) is 48.5 Å². The Morgan fingerprint density at radius 3 is 2.45 bits per heavy atom. The number of ether oxygens (including phenoxy) is 3. The third-order valence-electron chi connectivity index (χ3n) is 2.82. The summed E-state index contributed by atoms with van der Waals surface area (Å²) in [6, 6.07) is 12.8. The average molecular weight is 302 g/mol. The number of phenols is 1. The molecule has 0 heterocycles. The van der Waals surface area contributed by atoms with Gasteiger partial charge >= 0.3 is 6.16 Å². The van der Waals surface area contributed by atoms with E-state index >= 15 is 0 Å². The van der Waals surface area contributed by atoms with Gasteiger partial charge < -0.3 is 19.3 Å². The van der Waals surface area contributed by atoms with Crippen LogP contribution in [0.1, 0.15) is 15.9 Å². The van der Waals surface area contributed by atoms with Crippen molar-refractivity contribution in [3.8, 4) is 11.5 Å². The molecular formula is C16H14O6. The molecule has 0 fully saturated rings. The molecule has 0 aliphatic carbocycles. The number of methoxy groups -OCH3 is 1. The van der Waals surface area contributed by atoms with Crippen molar-refractivity contribution in [2.45, 2.75) is 0 Å². The highest BCUT2D eigenvalue weighted by molar-refractivity contribution is 6.10. The van der Waals surface area contributed by atoms with E-state index in [2.05, 4.69) is 9.47 Å². The molecule has 2 aromatic rings. The van der Waals surface area contributed by atoms with E-state index in [0.717, 1.165) is 0 Å². The van der Waals surface area contributed by atoms with Gasteiger partial charge in [0.2, 0.25) is 6.79 Å². The number of hydrogen-bond acceptors (Lipinski definition) is 6. The zero-order valence-electron chi connectivity index (χ0n) is 11.8. The molecule has 0 saturated heterocycles. The molecule has 114 valence electrons. The number of ketones is 1. The molecule has 0 bridgehead atoms. The fourth-order valence-corrected chi connectivity index (χ4v) is 1.74. The standard InChI is InChI=1S/C16H14O6/c1-20-16(19)22-10-21-12-7-8-13(14(17)9-12)15(18)11-5-3-2-4-6-11/h2-9,17H,10H2,1H3. The number of aromatic hydroxyl groups is 1. The molecule has 6 nitrogen and oxygen atoms in total. The predicted molar refractivity (Wildman–Crippen MR) is 77.0 cm³/mol. The Morgan fingerprint density at radius 1 is 1.09 bits per heavy atom. The summed E-state index contributed by atoms with van der Waals surface area (Å²) < 4.78 is 13.9. The van der Waals surface area contributed by atoms with Gasteiger partial charge in [0.05, 0.1) is 12.7 Å². The first-order chi connectivity index (χ1) is 10.6. The predicted octanol–water partition coefficient (Wildman–Crippen LogP) is 2.74. The fraction of sp³-hybridized carbons (Fsp3) is 0.125. The summed E-state index contributed by atoms with van der Waals surface area (Å²) in [5.74, 6) is -0.258. The van der Waals surface area contributed by atoms with Crippen LogP contribution in [-0.4, -0.2) is 30.9 Å². The zero-order chi connectivity index (χ0) is 15.9. The van der Waals surface area contributed by atoms with Crippen molar-refractivity contribution in [2.75, 3.05) is 13.9 Å². The van der Waals surface area contributed by atoms with Crippen LogP contribution in [0.5, 0.6) is 11.5 Å². The van der Waals surface area contributed by atoms with E-state index in [1.54, 1.807) is 30.3 Å². The quantitative estimate of drug-likeness (QED) is 0.519. The van der Waals surface area contributed by atoms with Crippen molar-refractivity contribution in [3.63, 3.8) is 0 Å². The van der Waals surface area contributed by atoms with Crippen molar-refractivity contribution in [3.05, 3.63) is 59.7 Å². The minimum atomic E-state index is -0.875. The molecule has 2 aromatic carbocycles. The number of phenolic OH excluding ortho intramolecular Hbond substituents is 1. The summed E-state index contributed by atoms with van der Waals surface area (Å²) in [5.41, 5.74) is 0.632. The molecule has 0 spiro atoms. The zero-order valence-corrected chi connectivity index (χ0v) is 11.8. The van der Waals surface area contributed by atoms with Crippen molar-refractivity contribution in [1.82, 2.24) is 0 Å². The summed E-state index contributed by atoms with van der Waals surface area (Å²) in [4.78, 5) is 23.0. The van der Waals surface area contributed by atoms with Crippen molar-refractivity contribution >= 4 is 11.9 Å². The van der Waals surface area contributed by atoms with E-state index in [-0.39, 0.29) is 29.6 Å². The second kappa shape index (κ2) is 7.12. The summed E-state index contributed by atoms with van der Waals surface area (Å²) in [6.07, 6.45) is -0.875. The van der Waals surface area contributed by atoms with E-state index < -0.39 is 6.16 Å². The van der Waals surface area contributed by atoms with Gasteiger partial charge in [0.1, 0.15) is 11.5 Å². The van der Waals surface area contributed by atoms with Crippen LogP contribution < -0.4 is 4.74 Å². The van der Waals surface area contributed by atoms with E-state index in [1.165, 1.54) is 25.3 Å². The lowest BCUT2D eigenvalue weighted by Crippen LogP contribution is -2.10. The van der Waals surface area contributed by atoms with Gasteiger partial charge in [-0.05, 0) is 12.1 Å². The highest BCUT2D eigenvalue weighted by Crippen LogP contribution is 2.25. The highest BCUT2D eigenvalue weighted by atomic mass is 16.8. The Hall–Kier alpha value is -3.02.